The molecule has 0 spiro atoms. The highest BCUT2D eigenvalue weighted by atomic mass is 19.4. The molecule has 2 atom stereocenters. The normalized spacial score (nSPS) is 18.6. The Kier molecular flexibility index (Phi) is 9.51. The van der Waals surface area contributed by atoms with E-state index in [4.69, 9.17) is 4.74 Å². The minimum absolute atomic E-state index is 0.0384. The Morgan fingerprint density at radius 1 is 0.800 bits per heavy atom. The van der Waals surface area contributed by atoms with E-state index in [2.05, 4.69) is 0 Å². The molecule has 3 aromatic rings. The first-order chi connectivity index (χ1) is 20.8. The summed E-state index contributed by atoms with van der Waals surface area (Å²) in [7, 11) is 1.40. The van der Waals surface area contributed by atoms with E-state index >= 15 is 0 Å². The van der Waals surface area contributed by atoms with Gasteiger partial charge in [0.05, 0.1) is 23.8 Å². The number of fused-ring (bicyclic) bond motifs is 1. The van der Waals surface area contributed by atoms with Gasteiger partial charge < -0.3 is 9.64 Å². The number of methoxy groups -OCH3 is 1. The average Bonchev–Trinajstić information content (AvgIpc) is 3.55. The number of amides is 1. The lowest BCUT2D eigenvalue weighted by atomic mass is 9.88. The van der Waals surface area contributed by atoms with Gasteiger partial charge in [0.1, 0.15) is 11.6 Å². The van der Waals surface area contributed by atoms with Crippen LogP contribution in [0.15, 0.2) is 54.6 Å². The van der Waals surface area contributed by atoms with E-state index in [0.717, 1.165) is 30.7 Å². The van der Waals surface area contributed by atoms with Gasteiger partial charge in [0.15, 0.2) is 0 Å². The van der Waals surface area contributed by atoms with E-state index in [1.165, 1.54) is 25.3 Å². The largest absolute Gasteiger partial charge is 0.496 e. The molecule has 0 radical (unpaired) electrons. The molecule has 2 heterocycles. The zero-order chi connectivity index (χ0) is 33.5. The fraction of sp³-hybridized carbons (Fsp3) is 0.406. The standard InChI is InChI=1S/C17H16F4O.C15H13F6NO/c1-10(2)13-8-14(16(22-3)9-15(13)18)11-4-6-12(7-5-11)17(19,20)21;16-14(17,18)9-4-8(5-10(6-9)15(19,20)21)11-7-13(23)22-3-1-2-12(11)22/h4-10H,1-3H3;4-6,11-12H,1-3,7H2/t;11-,12+/m.1/s1. The average molecular weight is 650 g/mol. The van der Waals surface area contributed by atoms with Crippen LogP contribution in [0.1, 0.15) is 72.8 Å². The van der Waals surface area contributed by atoms with Crippen LogP contribution in [0.5, 0.6) is 5.75 Å². The summed E-state index contributed by atoms with van der Waals surface area (Å²) >= 11 is 0. The van der Waals surface area contributed by atoms with E-state index in [0.29, 0.717) is 35.4 Å². The van der Waals surface area contributed by atoms with Crippen LogP contribution >= 0.6 is 0 Å². The minimum Gasteiger partial charge on any atom is -0.496 e. The number of hydrogen-bond acceptors (Lipinski definition) is 2. The number of ether oxygens (including phenoxy) is 1. The van der Waals surface area contributed by atoms with Gasteiger partial charge in [-0.15, -0.1) is 0 Å². The lowest BCUT2D eigenvalue weighted by Crippen LogP contribution is -2.28. The molecule has 13 heteroatoms. The van der Waals surface area contributed by atoms with Gasteiger partial charge in [-0.25, -0.2) is 4.39 Å². The summed E-state index contributed by atoms with van der Waals surface area (Å²) in [6, 6.07) is 8.94. The molecule has 0 N–H and O–H groups in total. The van der Waals surface area contributed by atoms with Crippen molar-refractivity contribution in [1.29, 1.82) is 0 Å². The maximum Gasteiger partial charge on any atom is 0.416 e. The molecule has 1 amide bonds. The molecule has 5 rings (SSSR count). The van der Waals surface area contributed by atoms with E-state index in [9.17, 15) is 48.7 Å². The van der Waals surface area contributed by atoms with Crippen LogP contribution in [0.25, 0.3) is 11.1 Å². The topological polar surface area (TPSA) is 29.5 Å². The second-order valence-corrected chi connectivity index (χ2v) is 11.3. The van der Waals surface area contributed by atoms with Crippen molar-refractivity contribution >= 4 is 5.91 Å². The number of alkyl halides is 9. The van der Waals surface area contributed by atoms with Crippen molar-refractivity contribution in [3.05, 3.63) is 88.2 Å². The molecule has 45 heavy (non-hydrogen) atoms. The molecular weight excluding hydrogens is 620 g/mol. The van der Waals surface area contributed by atoms with Crippen molar-refractivity contribution < 1.29 is 53.4 Å². The molecule has 2 aliphatic heterocycles. The zero-order valence-electron chi connectivity index (χ0n) is 24.3. The lowest BCUT2D eigenvalue weighted by Gasteiger charge is -2.22. The predicted octanol–water partition coefficient (Wildman–Crippen LogP) is 9.85. The summed E-state index contributed by atoms with van der Waals surface area (Å²) in [6.45, 7) is 4.22. The van der Waals surface area contributed by atoms with Crippen LogP contribution in [0.3, 0.4) is 0 Å². The Hall–Kier alpha value is -3.77. The van der Waals surface area contributed by atoms with Gasteiger partial charge in [-0.3, -0.25) is 4.79 Å². The summed E-state index contributed by atoms with van der Waals surface area (Å²) in [6.07, 6.45) is -12.8. The van der Waals surface area contributed by atoms with Gasteiger partial charge in [0.2, 0.25) is 5.91 Å². The molecule has 3 aromatic carbocycles. The lowest BCUT2D eigenvalue weighted by molar-refractivity contribution is -0.143. The third-order valence-electron chi connectivity index (χ3n) is 7.98. The van der Waals surface area contributed by atoms with Crippen molar-refractivity contribution in [2.24, 2.45) is 0 Å². The second kappa shape index (κ2) is 12.6. The van der Waals surface area contributed by atoms with Gasteiger partial charge in [-0.1, -0.05) is 26.0 Å². The number of nitrogens with zero attached hydrogens (tertiary/aromatic N) is 1. The van der Waals surface area contributed by atoms with Crippen LogP contribution in [0.2, 0.25) is 0 Å². The summed E-state index contributed by atoms with van der Waals surface area (Å²) in [5.74, 6) is -0.958. The highest BCUT2D eigenvalue weighted by molar-refractivity contribution is 5.81. The van der Waals surface area contributed by atoms with E-state index in [1.807, 2.05) is 13.8 Å². The molecule has 2 saturated heterocycles. The Labute approximate surface area is 252 Å². The minimum atomic E-state index is -4.87. The van der Waals surface area contributed by atoms with Crippen LogP contribution in [-0.4, -0.2) is 30.5 Å². The van der Waals surface area contributed by atoms with Crippen LogP contribution < -0.4 is 4.74 Å². The predicted molar refractivity (Wildman–Crippen MR) is 146 cm³/mol. The summed E-state index contributed by atoms with van der Waals surface area (Å²) in [5.41, 5.74) is -1.82. The van der Waals surface area contributed by atoms with Gasteiger partial charge >= 0.3 is 18.5 Å². The van der Waals surface area contributed by atoms with Crippen LogP contribution in [0, 0.1) is 5.82 Å². The highest BCUT2D eigenvalue weighted by Crippen LogP contribution is 2.44. The molecule has 3 nitrogen and oxygen atoms in total. The van der Waals surface area contributed by atoms with Crippen molar-refractivity contribution in [2.75, 3.05) is 13.7 Å². The number of carbonyl (C=O) groups is 1. The smallest absolute Gasteiger partial charge is 0.416 e. The second-order valence-electron chi connectivity index (χ2n) is 11.3. The first kappa shape index (κ1) is 34.1. The molecule has 0 saturated carbocycles. The number of rotatable bonds is 4. The van der Waals surface area contributed by atoms with E-state index in [-0.39, 0.29) is 41.7 Å². The van der Waals surface area contributed by atoms with E-state index in [1.54, 1.807) is 11.0 Å². The van der Waals surface area contributed by atoms with Crippen molar-refractivity contribution in [2.45, 2.75) is 69.5 Å². The molecule has 0 bridgehead atoms. The Balaban J connectivity index is 0.000000205. The summed E-state index contributed by atoms with van der Waals surface area (Å²) in [5, 5.41) is 0. The molecule has 2 fully saturated rings. The van der Waals surface area contributed by atoms with Gasteiger partial charge in [-0.2, -0.15) is 39.5 Å². The maximum absolute atomic E-state index is 14.0. The Bertz CT molecular complexity index is 1490. The fourth-order valence-corrected chi connectivity index (χ4v) is 5.74. The third kappa shape index (κ3) is 7.55. The quantitative estimate of drug-likeness (QED) is 0.264. The monoisotopic (exact) mass is 649 g/mol. The molecule has 0 aliphatic carbocycles. The number of hydrogen-bond donors (Lipinski definition) is 0. The SMILES string of the molecule is COc1cc(F)c(C(C)C)cc1-c1ccc(C(F)(F)F)cc1.O=C1C[C@H](c2cc(C(F)(F)F)cc(C(F)(F)F)c2)[C@@H]2CCCN12. The summed E-state index contributed by atoms with van der Waals surface area (Å²) < 4.78 is 135. The first-order valence-corrected chi connectivity index (χ1v) is 13.9. The highest BCUT2D eigenvalue weighted by Gasteiger charge is 2.45. The third-order valence-corrected chi connectivity index (χ3v) is 7.98. The van der Waals surface area contributed by atoms with Crippen LogP contribution in [0.4, 0.5) is 43.9 Å². The summed E-state index contributed by atoms with van der Waals surface area (Å²) in [4.78, 5) is 13.5. The fourth-order valence-electron chi connectivity index (χ4n) is 5.74. The molecule has 0 aromatic heterocycles. The first-order valence-electron chi connectivity index (χ1n) is 13.9. The maximum atomic E-state index is 14.0. The van der Waals surface area contributed by atoms with Gasteiger partial charge in [-0.05, 0) is 71.8 Å². The number of halogens is 10. The molecule has 0 unspecified atom stereocenters. The van der Waals surface area contributed by atoms with Crippen molar-refractivity contribution in [3.8, 4) is 16.9 Å². The van der Waals surface area contributed by atoms with Gasteiger partial charge in [0, 0.05) is 36.6 Å². The number of carbonyl (C=O) groups excluding carboxylic acids is 1. The number of benzene rings is 3. The zero-order valence-corrected chi connectivity index (χ0v) is 24.3. The van der Waals surface area contributed by atoms with Crippen molar-refractivity contribution in [1.82, 2.24) is 4.90 Å². The molecule has 244 valence electrons. The van der Waals surface area contributed by atoms with Gasteiger partial charge in [0.25, 0.3) is 0 Å². The Morgan fingerprint density at radius 2 is 1.36 bits per heavy atom. The Morgan fingerprint density at radius 3 is 1.84 bits per heavy atom. The molecule has 2 aliphatic rings. The van der Waals surface area contributed by atoms with Crippen LogP contribution in [-0.2, 0) is 23.3 Å². The molecular formula is C32H29F10NO2. The van der Waals surface area contributed by atoms with E-state index < -0.39 is 41.1 Å². The van der Waals surface area contributed by atoms with Crippen molar-refractivity contribution in [3.63, 3.8) is 0 Å².